The van der Waals surface area contributed by atoms with Gasteiger partial charge in [0.15, 0.2) is 37.0 Å². The van der Waals surface area contributed by atoms with E-state index < -0.39 is 113 Å². The van der Waals surface area contributed by atoms with Crippen molar-refractivity contribution in [3.63, 3.8) is 0 Å². The second-order valence-electron chi connectivity index (χ2n) is 9.83. The molecule has 0 amide bonds. The van der Waals surface area contributed by atoms with Gasteiger partial charge in [-0.3, -0.25) is 0 Å². The molecule has 54 heavy (non-hydrogen) atoms. The van der Waals surface area contributed by atoms with E-state index in [0.29, 0.717) is 0 Å². The number of alkyl halides is 30. The summed E-state index contributed by atoms with van der Waals surface area (Å²) in [4.78, 5) is 29.6. The molecule has 34 heteroatoms. The summed E-state index contributed by atoms with van der Waals surface area (Å²) in [5.74, 6) is -7.71. The van der Waals surface area contributed by atoms with Crippen LogP contribution in [0.5, 0.6) is 0 Å². The molecule has 0 fully saturated rings. The molecule has 4 nitrogen and oxygen atoms in total. The first-order chi connectivity index (χ1) is 23.4. The lowest BCUT2D eigenvalue weighted by atomic mass is 9.95. The molecule has 0 saturated heterocycles. The maximum Gasteiger partial charge on any atom is 0.412 e. The summed E-state index contributed by atoms with van der Waals surface area (Å²) in [6.07, 6.45) is -37.4. The zero-order chi connectivity index (χ0) is 44.2. The molecule has 0 aliphatic rings. The maximum atomic E-state index is 15.1. The van der Waals surface area contributed by atoms with E-state index in [2.05, 4.69) is 126 Å². The Morgan fingerprint density at radius 1 is 0.352 bits per heavy atom. The minimum Gasteiger partial charge on any atom is -0.242 e. The summed E-state index contributed by atoms with van der Waals surface area (Å²) in [6.45, 7) is 0. The smallest absolute Gasteiger partial charge is 0.242 e. The van der Waals surface area contributed by atoms with E-state index in [1.165, 1.54) is 0 Å². The summed E-state index contributed by atoms with van der Waals surface area (Å²) < 4.78 is 281. The standard InChI is InChI=1S/C20H8Cl10F20O4/c21-11(41,5(35)1(31)3(33)7(37)38)15(25,45)19(29,49)17(27,47)13(23,43)9(51)53-54-10(52)14(24,44)18(28,48)20(30,50)16(26,46)12(22,42)6(36)2(32)4(34)8(39)40/h1-8H. The average molecular weight is 1050 g/mol. The van der Waals surface area contributed by atoms with Crippen LogP contribution in [-0.4, -0.2) is 113 Å². The Bertz CT molecular complexity index is 1240. The molecule has 0 aromatic heterocycles. The highest BCUT2D eigenvalue weighted by molar-refractivity contribution is 6.48. The third-order valence-corrected chi connectivity index (χ3v) is 11.9. The Morgan fingerprint density at radius 2 is 0.556 bits per heavy atom. The van der Waals surface area contributed by atoms with Gasteiger partial charge in [-0.1, -0.05) is 116 Å². The highest BCUT2D eigenvalue weighted by Crippen LogP contribution is 2.64. The van der Waals surface area contributed by atoms with E-state index in [9.17, 15) is 79.8 Å². The summed E-state index contributed by atoms with van der Waals surface area (Å²) in [5, 5.41) is -62.1. The van der Waals surface area contributed by atoms with Gasteiger partial charge in [0.2, 0.25) is 0 Å². The van der Waals surface area contributed by atoms with Crippen LogP contribution in [0.4, 0.5) is 87.8 Å². The Kier molecular flexibility index (Phi) is 17.3. The van der Waals surface area contributed by atoms with Crippen LogP contribution in [0, 0.1) is 0 Å². The molecule has 0 rings (SSSR count). The highest BCUT2D eigenvalue weighted by Gasteiger charge is 2.85. The first kappa shape index (κ1) is 54.4. The van der Waals surface area contributed by atoms with Gasteiger partial charge in [-0.2, -0.15) is 0 Å². The molecular weight excluding hydrogens is 1040 g/mol. The quantitative estimate of drug-likeness (QED) is 0.0594. The molecule has 16 atom stereocenters. The molecular formula is C20H8Cl10F20O4. The number of rotatable bonds is 18. The van der Waals surface area contributed by atoms with Crippen LogP contribution in [0.25, 0.3) is 0 Å². The van der Waals surface area contributed by atoms with Crippen molar-refractivity contribution in [2.75, 3.05) is 0 Å². The Morgan fingerprint density at radius 3 is 0.741 bits per heavy atom. The highest BCUT2D eigenvalue weighted by atomic mass is 35.5. The van der Waals surface area contributed by atoms with Gasteiger partial charge in [0, 0.05) is 0 Å². The van der Waals surface area contributed by atoms with Crippen LogP contribution < -0.4 is 0 Å². The van der Waals surface area contributed by atoms with Crippen LogP contribution in [0.2, 0.25) is 0 Å². The molecule has 0 aliphatic carbocycles. The predicted octanol–water partition coefficient (Wildman–Crippen LogP) is 11.6. The molecule has 0 saturated carbocycles. The van der Waals surface area contributed by atoms with Crippen LogP contribution in [0.1, 0.15) is 0 Å². The normalized spacial score (nSPS) is 27.5. The van der Waals surface area contributed by atoms with Crippen molar-refractivity contribution in [1.29, 1.82) is 0 Å². The third-order valence-electron chi connectivity index (χ3n) is 6.25. The lowest BCUT2D eigenvalue weighted by Gasteiger charge is -2.44. The van der Waals surface area contributed by atoms with Gasteiger partial charge >= 0.3 is 22.2 Å². The molecule has 0 N–H and O–H groups in total. The molecule has 322 valence electrons. The van der Waals surface area contributed by atoms with Crippen molar-refractivity contribution in [2.24, 2.45) is 0 Å². The molecule has 0 aromatic carbocycles. The first-order valence-corrected chi connectivity index (χ1v) is 15.8. The first-order valence-electron chi connectivity index (χ1n) is 12.0. The zero-order valence-electron chi connectivity index (χ0n) is 23.6. The van der Waals surface area contributed by atoms with E-state index >= 15 is 17.6 Å². The molecule has 0 spiro atoms. The molecule has 0 aromatic rings. The van der Waals surface area contributed by atoms with Crippen molar-refractivity contribution in [2.45, 2.75) is 101 Å². The van der Waals surface area contributed by atoms with Gasteiger partial charge in [0.05, 0.1) is 0 Å². The number of carbonyl (C=O) groups is 2. The fraction of sp³-hybridized carbons (Fsp3) is 0.900. The number of hydrogen-bond donors (Lipinski definition) is 0. The van der Waals surface area contributed by atoms with E-state index in [1.807, 2.05) is 0 Å². The molecule has 0 bridgehead atoms. The Hall–Kier alpha value is 0.440. The number of halogens is 30. The van der Waals surface area contributed by atoms with Gasteiger partial charge in [-0.15, -0.1) is 0 Å². The van der Waals surface area contributed by atoms with E-state index in [1.54, 1.807) is 0 Å². The van der Waals surface area contributed by atoms with Crippen molar-refractivity contribution >= 4 is 128 Å². The molecule has 0 radical (unpaired) electrons. The molecule has 0 aliphatic heterocycles. The Balaban J connectivity index is 6.60. The largest absolute Gasteiger partial charge is 0.412 e. The average Bonchev–Trinajstić information content (AvgIpc) is 3.03. The second kappa shape index (κ2) is 17.2. The Labute approximate surface area is 334 Å². The van der Waals surface area contributed by atoms with Gasteiger partial charge in [-0.05, 0) is 0 Å². The van der Waals surface area contributed by atoms with Gasteiger partial charge < -0.3 is 0 Å². The van der Waals surface area contributed by atoms with Crippen molar-refractivity contribution in [3.8, 4) is 0 Å². The SMILES string of the molecule is O=C(OOC(=O)C(F)(Cl)C(F)(Cl)C(F)(Cl)C(F)(Cl)C(F)(Cl)C(F)C(F)C(F)C(F)F)C(F)(Cl)C(F)(Cl)C(F)(Cl)C(F)(Cl)C(F)(Cl)C(F)C(F)C(F)C(F)F. The lowest BCUT2D eigenvalue weighted by molar-refractivity contribution is -0.276. The minimum absolute atomic E-state index is 2.89. The van der Waals surface area contributed by atoms with Crippen molar-refractivity contribution in [3.05, 3.63) is 0 Å². The zero-order valence-corrected chi connectivity index (χ0v) is 31.2. The van der Waals surface area contributed by atoms with Crippen molar-refractivity contribution in [1.82, 2.24) is 0 Å². The van der Waals surface area contributed by atoms with E-state index in [0.717, 1.165) is 0 Å². The van der Waals surface area contributed by atoms with E-state index in [4.69, 9.17) is 0 Å². The van der Waals surface area contributed by atoms with Gasteiger partial charge in [-0.25, -0.2) is 107 Å². The summed E-state index contributed by atoms with van der Waals surface area (Å²) in [7, 11) is 0. The number of hydrogen-bond acceptors (Lipinski definition) is 4. The lowest BCUT2D eigenvalue weighted by Crippen LogP contribution is -2.69. The summed E-state index contributed by atoms with van der Waals surface area (Å²) in [5.41, 5.74) is 0. The maximum absolute atomic E-state index is 15.1. The second-order valence-corrected chi connectivity index (χ2v) is 15.1. The monoisotopic (exact) mass is 1040 g/mol. The van der Waals surface area contributed by atoms with Crippen molar-refractivity contribution < 1.29 is 107 Å². The number of carbonyl (C=O) groups excluding carboxylic acids is 2. The van der Waals surface area contributed by atoms with Crippen LogP contribution >= 0.6 is 116 Å². The molecule has 0 heterocycles. The fourth-order valence-corrected chi connectivity index (χ4v) is 5.52. The fourth-order valence-electron chi connectivity index (χ4n) is 2.99. The topological polar surface area (TPSA) is 52.6 Å². The third kappa shape index (κ3) is 8.82. The van der Waals surface area contributed by atoms with Crippen LogP contribution in [-0.2, 0) is 19.4 Å². The van der Waals surface area contributed by atoms with Gasteiger partial charge in [0.1, 0.15) is 0 Å². The van der Waals surface area contributed by atoms with Gasteiger partial charge in [0.25, 0.3) is 53.9 Å². The minimum atomic E-state index is -6.37. The van der Waals surface area contributed by atoms with E-state index in [-0.39, 0.29) is 0 Å². The summed E-state index contributed by atoms with van der Waals surface area (Å²) >= 11 is 45.4. The summed E-state index contributed by atoms with van der Waals surface area (Å²) in [6, 6.07) is 0. The predicted molar refractivity (Wildman–Crippen MR) is 150 cm³/mol. The van der Waals surface area contributed by atoms with Crippen LogP contribution in [0.3, 0.4) is 0 Å². The molecule has 16 unspecified atom stereocenters. The van der Waals surface area contributed by atoms with Crippen LogP contribution in [0.15, 0.2) is 0 Å².